The number of carbonyl (C=O) groups excluding carboxylic acids is 1. The van der Waals surface area contributed by atoms with E-state index in [-0.39, 0.29) is 5.91 Å². The van der Waals surface area contributed by atoms with Gasteiger partial charge < -0.3 is 9.64 Å². The smallest absolute Gasteiger partial charge is 0.257 e. The Kier molecular flexibility index (Phi) is 5.03. The fourth-order valence-electron chi connectivity index (χ4n) is 2.02. The summed E-state index contributed by atoms with van der Waals surface area (Å²) in [5.41, 5.74) is 2.27. The summed E-state index contributed by atoms with van der Waals surface area (Å²) in [5.74, 6) is 0.558. The van der Waals surface area contributed by atoms with Gasteiger partial charge in [0, 0.05) is 18.1 Å². The molecule has 0 spiro atoms. The molecule has 0 atom stereocenters. The van der Waals surface area contributed by atoms with Gasteiger partial charge >= 0.3 is 0 Å². The second-order valence-corrected chi connectivity index (χ2v) is 4.57. The van der Waals surface area contributed by atoms with E-state index < -0.39 is 0 Å². The van der Waals surface area contributed by atoms with Gasteiger partial charge in [0.2, 0.25) is 0 Å². The summed E-state index contributed by atoms with van der Waals surface area (Å²) in [4.78, 5) is 14.2. The summed E-state index contributed by atoms with van der Waals surface area (Å²) in [6, 6.07) is 1.81. The maximum Gasteiger partial charge on any atom is 0.257 e. The zero-order chi connectivity index (χ0) is 13.9. The van der Waals surface area contributed by atoms with Crippen molar-refractivity contribution in [1.29, 1.82) is 0 Å². The van der Waals surface area contributed by atoms with Crippen LogP contribution in [0.2, 0.25) is 5.02 Å². The van der Waals surface area contributed by atoms with Crippen molar-refractivity contribution >= 4 is 17.5 Å². The third-order valence-electron chi connectivity index (χ3n) is 3.13. The number of methoxy groups -OCH3 is 1. The molecule has 0 saturated carbocycles. The van der Waals surface area contributed by atoms with Gasteiger partial charge in [-0.1, -0.05) is 11.6 Å². The molecule has 0 fully saturated rings. The molecule has 100 valence electrons. The first kappa shape index (κ1) is 14.8. The molecule has 0 heterocycles. The zero-order valence-electron chi connectivity index (χ0n) is 11.6. The Hall–Kier alpha value is -1.22. The van der Waals surface area contributed by atoms with Crippen molar-refractivity contribution in [2.45, 2.75) is 27.7 Å². The van der Waals surface area contributed by atoms with Gasteiger partial charge in [0.25, 0.3) is 5.91 Å². The summed E-state index contributed by atoms with van der Waals surface area (Å²) >= 11 is 6.22. The highest BCUT2D eigenvalue weighted by molar-refractivity contribution is 6.32. The summed E-state index contributed by atoms with van der Waals surface area (Å²) in [5, 5.41) is 0.631. The Bertz CT molecular complexity index is 454. The summed E-state index contributed by atoms with van der Waals surface area (Å²) < 4.78 is 5.32. The Morgan fingerprint density at radius 3 is 2.33 bits per heavy atom. The average molecular weight is 270 g/mol. The van der Waals surface area contributed by atoms with Gasteiger partial charge in [0.15, 0.2) is 0 Å². The average Bonchev–Trinajstić information content (AvgIpc) is 2.36. The van der Waals surface area contributed by atoms with Crippen LogP contribution in [0.3, 0.4) is 0 Å². The van der Waals surface area contributed by atoms with Crippen molar-refractivity contribution in [3.05, 3.63) is 27.8 Å². The largest absolute Gasteiger partial charge is 0.496 e. The van der Waals surface area contributed by atoms with E-state index in [0.717, 1.165) is 11.1 Å². The predicted octanol–water partition coefficient (Wildman–Crippen LogP) is 3.45. The lowest BCUT2D eigenvalue weighted by atomic mass is 10.0. The summed E-state index contributed by atoms with van der Waals surface area (Å²) in [6.07, 6.45) is 0. The van der Waals surface area contributed by atoms with Crippen LogP contribution >= 0.6 is 11.6 Å². The number of benzene rings is 1. The van der Waals surface area contributed by atoms with Gasteiger partial charge in [-0.05, 0) is 44.9 Å². The molecule has 1 aromatic rings. The Morgan fingerprint density at radius 2 is 1.89 bits per heavy atom. The van der Waals surface area contributed by atoms with E-state index >= 15 is 0 Å². The number of hydrogen-bond acceptors (Lipinski definition) is 2. The van der Waals surface area contributed by atoms with Gasteiger partial charge in [0.05, 0.1) is 12.7 Å². The number of halogens is 1. The van der Waals surface area contributed by atoms with Crippen molar-refractivity contribution in [3.63, 3.8) is 0 Å². The normalized spacial score (nSPS) is 10.3. The Labute approximate surface area is 114 Å². The lowest BCUT2D eigenvalue weighted by molar-refractivity contribution is 0.0769. The van der Waals surface area contributed by atoms with E-state index in [4.69, 9.17) is 16.3 Å². The second-order valence-electron chi connectivity index (χ2n) is 4.19. The molecule has 0 aromatic heterocycles. The third kappa shape index (κ3) is 2.61. The highest BCUT2D eigenvalue weighted by Crippen LogP contribution is 2.32. The van der Waals surface area contributed by atoms with Gasteiger partial charge in [-0.25, -0.2) is 0 Å². The summed E-state index contributed by atoms with van der Waals surface area (Å²) in [7, 11) is 1.57. The number of hydrogen-bond donors (Lipinski definition) is 0. The minimum absolute atomic E-state index is 0.0312. The minimum atomic E-state index is -0.0312. The molecule has 18 heavy (non-hydrogen) atoms. The molecule has 0 bridgehead atoms. The Balaban J connectivity index is 3.39. The molecule has 0 aliphatic heterocycles. The fourth-order valence-corrected chi connectivity index (χ4v) is 2.17. The standard InChI is InChI=1S/C14H20ClNO2/c1-6-16(7-2)14(17)12-10(4)13(15)9(3)8-11(12)18-5/h8H,6-7H2,1-5H3. The molecule has 0 aliphatic rings. The van der Waals surface area contributed by atoms with E-state index in [2.05, 4.69) is 0 Å². The molecule has 0 unspecified atom stereocenters. The quantitative estimate of drug-likeness (QED) is 0.838. The van der Waals surface area contributed by atoms with Crippen molar-refractivity contribution in [2.24, 2.45) is 0 Å². The topological polar surface area (TPSA) is 29.5 Å². The maximum absolute atomic E-state index is 12.5. The highest BCUT2D eigenvalue weighted by atomic mass is 35.5. The van der Waals surface area contributed by atoms with E-state index in [9.17, 15) is 4.79 Å². The Morgan fingerprint density at radius 1 is 1.33 bits per heavy atom. The number of amides is 1. The molecule has 1 aromatic carbocycles. The lowest BCUT2D eigenvalue weighted by Crippen LogP contribution is -2.31. The molecule has 1 amide bonds. The van der Waals surface area contributed by atoms with Crippen molar-refractivity contribution < 1.29 is 9.53 Å². The summed E-state index contributed by atoms with van der Waals surface area (Å²) in [6.45, 7) is 9.02. The van der Waals surface area contributed by atoms with Crippen LogP contribution in [0.25, 0.3) is 0 Å². The molecule has 0 radical (unpaired) electrons. The van der Waals surface area contributed by atoms with E-state index in [1.807, 2.05) is 33.8 Å². The van der Waals surface area contributed by atoms with Crippen LogP contribution in [0.4, 0.5) is 0 Å². The number of aryl methyl sites for hydroxylation is 1. The van der Waals surface area contributed by atoms with Crippen LogP contribution in [0.15, 0.2) is 6.07 Å². The van der Waals surface area contributed by atoms with Crippen LogP contribution in [0.5, 0.6) is 5.75 Å². The monoisotopic (exact) mass is 269 g/mol. The van der Waals surface area contributed by atoms with Gasteiger partial charge in [-0.15, -0.1) is 0 Å². The fraction of sp³-hybridized carbons (Fsp3) is 0.500. The molecule has 0 N–H and O–H groups in total. The first-order valence-electron chi connectivity index (χ1n) is 6.10. The highest BCUT2D eigenvalue weighted by Gasteiger charge is 2.22. The molecule has 1 rings (SSSR count). The number of nitrogens with zero attached hydrogens (tertiary/aromatic N) is 1. The predicted molar refractivity (Wildman–Crippen MR) is 74.7 cm³/mol. The third-order valence-corrected chi connectivity index (χ3v) is 3.71. The minimum Gasteiger partial charge on any atom is -0.496 e. The number of carbonyl (C=O) groups is 1. The van der Waals surface area contributed by atoms with Gasteiger partial charge in [-0.2, -0.15) is 0 Å². The van der Waals surface area contributed by atoms with Crippen LogP contribution in [-0.2, 0) is 0 Å². The number of ether oxygens (including phenoxy) is 1. The molecule has 3 nitrogen and oxygen atoms in total. The van der Waals surface area contributed by atoms with Crippen LogP contribution in [0, 0.1) is 13.8 Å². The first-order valence-corrected chi connectivity index (χ1v) is 6.48. The van der Waals surface area contributed by atoms with Gasteiger partial charge in [-0.3, -0.25) is 4.79 Å². The van der Waals surface area contributed by atoms with Crippen LogP contribution in [-0.4, -0.2) is 31.0 Å². The maximum atomic E-state index is 12.5. The molecule has 0 saturated heterocycles. The molecular formula is C14H20ClNO2. The zero-order valence-corrected chi connectivity index (χ0v) is 12.4. The van der Waals surface area contributed by atoms with E-state index in [1.165, 1.54) is 0 Å². The van der Waals surface area contributed by atoms with E-state index in [1.54, 1.807) is 12.0 Å². The molecular weight excluding hydrogens is 250 g/mol. The lowest BCUT2D eigenvalue weighted by Gasteiger charge is -2.22. The number of rotatable bonds is 4. The molecule has 0 aliphatic carbocycles. The second kappa shape index (κ2) is 6.10. The van der Waals surface area contributed by atoms with E-state index in [0.29, 0.717) is 29.4 Å². The van der Waals surface area contributed by atoms with Crippen LogP contribution in [0.1, 0.15) is 35.3 Å². The van der Waals surface area contributed by atoms with Crippen LogP contribution < -0.4 is 4.74 Å². The first-order chi connectivity index (χ1) is 8.47. The molecule has 4 heteroatoms. The SMILES string of the molecule is CCN(CC)C(=O)c1c(OC)cc(C)c(Cl)c1C. The van der Waals surface area contributed by atoms with Gasteiger partial charge in [0.1, 0.15) is 5.75 Å². The van der Waals surface area contributed by atoms with Crippen molar-refractivity contribution in [2.75, 3.05) is 20.2 Å². The van der Waals surface area contributed by atoms with Crippen molar-refractivity contribution in [1.82, 2.24) is 4.90 Å². The van der Waals surface area contributed by atoms with Crippen molar-refractivity contribution in [3.8, 4) is 5.75 Å².